The van der Waals surface area contributed by atoms with E-state index in [1.165, 1.54) is 6.92 Å². The van der Waals surface area contributed by atoms with Crippen molar-refractivity contribution < 1.29 is 4.79 Å². The molecule has 1 aromatic carbocycles. The second-order valence-corrected chi connectivity index (χ2v) is 5.28. The van der Waals surface area contributed by atoms with Gasteiger partial charge in [0.2, 0.25) is 5.91 Å². The summed E-state index contributed by atoms with van der Waals surface area (Å²) in [6, 6.07) is 11.9. The van der Waals surface area contributed by atoms with Crippen LogP contribution in [0.1, 0.15) is 6.92 Å². The van der Waals surface area contributed by atoms with Gasteiger partial charge in [0.15, 0.2) is 5.65 Å². The Labute approximate surface area is 124 Å². The van der Waals surface area contributed by atoms with Crippen LogP contribution in [-0.4, -0.2) is 15.3 Å². The number of amides is 1. The number of aromatic nitrogens is 2. The maximum atomic E-state index is 11.4. The number of rotatable bonds is 2. The van der Waals surface area contributed by atoms with E-state index in [0.29, 0.717) is 11.3 Å². The number of pyridine rings is 1. The predicted molar refractivity (Wildman–Crippen MR) is 82.6 cm³/mol. The van der Waals surface area contributed by atoms with Crippen molar-refractivity contribution in [1.82, 2.24) is 9.38 Å². The van der Waals surface area contributed by atoms with Gasteiger partial charge in [-0.3, -0.25) is 9.20 Å². The first kappa shape index (κ1) is 12.9. The molecule has 100 valence electrons. The molecule has 4 nitrogen and oxygen atoms in total. The number of imidazole rings is 1. The SMILES string of the molecule is CC(=O)Nc1cc(-c2ccccc2)cn2c(Br)cnc12. The first-order valence-corrected chi connectivity index (χ1v) is 6.94. The number of carbonyl (C=O) groups is 1. The highest BCUT2D eigenvalue weighted by atomic mass is 79.9. The van der Waals surface area contributed by atoms with Crippen molar-refractivity contribution in [3.05, 3.63) is 53.4 Å². The van der Waals surface area contributed by atoms with E-state index in [2.05, 4.69) is 26.2 Å². The topological polar surface area (TPSA) is 46.4 Å². The van der Waals surface area contributed by atoms with E-state index < -0.39 is 0 Å². The van der Waals surface area contributed by atoms with Gasteiger partial charge in [0.1, 0.15) is 4.60 Å². The number of carbonyl (C=O) groups excluding carboxylic acids is 1. The number of nitrogens with one attached hydrogen (secondary N) is 1. The molecule has 3 rings (SSSR count). The van der Waals surface area contributed by atoms with Crippen LogP contribution in [0, 0.1) is 0 Å². The lowest BCUT2D eigenvalue weighted by Gasteiger charge is -2.09. The monoisotopic (exact) mass is 329 g/mol. The molecule has 0 saturated heterocycles. The van der Waals surface area contributed by atoms with Crippen LogP contribution < -0.4 is 5.32 Å². The molecule has 0 atom stereocenters. The maximum absolute atomic E-state index is 11.4. The first-order valence-electron chi connectivity index (χ1n) is 6.15. The summed E-state index contributed by atoms with van der Waals surface area (Å²) in [6.45, 7) is 1.49. The van der Waals surface area contributed by atoms with Crippen LogP contribution in [0.15, 0.2) is 53.4 Å². The van der Waals surface area contributed by atoms with Crippen molar-refractivity contribution in [2.75, 3.05) is 5.32 Å². The van der Waals surface area contributed by atoms with Crippen LogP contribution in [0.4, 0.5) is 5.69 Å². The molecule has 3 aromatic rings. The first-order chi connectivity index (χ1) is 9.65. The van der Waals surface area contributed by atoms with Gasteiger partial charge in [0, 0.05) is 18.7 Å². The van der Waals surface area contributed by atoms with Crippen LogP contribution in [0.2, 0.25) is 0 Å². The highest BCUT2D eigenvalue weighted by Crippen LogP contribution is 2.28. The lowest BCUT2D eigenvalue weighted by atomic mass is 10.1. The molecule has 2 aromatic heterocycles. The Bertz CT molecular complexity index is 780. The molecule has 0 spiro atoms. The quantitative estimate of drug-likeness (QED) is 0.778. The van der Waals surface area contributed by atoms with Crippen LogP contribution in [0.3, 0.4) is 0 Å². The molecule has 1 amide bonds. The van der Waals surface area contributed by atoms with Crippen molar-refractivity contribution in [2.24, 2.45) is 0 Å². The van der Waals surface area contributed by atoms with Crippen molar-refractivity contribution >= 4 is 33.2 Å². The van der Waals surface area contributed by atoms with Crippen molar-refractivity contribution in [1.29, 1.82) is 0 Å². The Morgan fingerprint density at radius 3 is 2.70 bits per heavy atom. The summed E-state index contributed by atoms with van der Waals surface area (Å²) < 4.78 is 2.75. The number of anilines is 1. The highest BCUT2D eigenvalue weighted by molar-refractivity contribution is 9.10. The number of hydrogen-bond acceptors (Lipinski definition) is 2. The third-order valence-corrected chi connectivity index (χ3v) is 3.57. The molecular weight excluding hydrogens is 318 g/mol. The van der Waals surface area contributed by atoms with Gasteiger partial charge in [0.25, 0.3) is 0 Å². The molecule has 0 radical (unpaired) electrons. The van der Waals surface area contributed by atoms with Gasteiger partial charge in [-0.1, -0.05) is 30.3 Å². The minimum Gasteiger partial charge on any atom is -0.323 e. The molecule has 0 aliphatic heterocycles. The summed E-state index contributed by atoms with van der Waals surface area (Å²) in [5.74, 6) is -0.115. The fourth-order valence-corrected chi connectivity index (χ4v) is 2.50. The largest absolute Gasteiger partial charge is 0.323 e. The summed E-state index contributed by atoms with van der Waals surface area (Å²) in [6.07, 6.45) is 3.71. The van der Waals surface area contributed by atoms with E-state index in [0.717, 1.165) is 15.7 Å². The minimum atomic E-state index is -0.115. The fraction of sp³-hybridized carbons (Fsp3) is 0.0667. The number of nitrogens with zero attached hydrogens (tertiary/aromatic N) is 2. The summed E-state index contributed by atoms with van der Waals surface area (Å²) in [5, 5.41) is 2.83. The number of benzene rings is 1. The Morgan fingerprint density at radius 2 is 2.00 bits per heavy atom. The summed E-state index contributed by atoms with van der Waals surface area (Å²) in [4.78, 5) is 15.7. The number of halogens is 1. The van der Waals surface area contributed by atoms with Crippen molar-refractivity contribution in [3.8, 4) is 11.1 Å². The molecule has 0 fully saturated rings. The molecule has 2 heterocycles. The number of hydrogen-bond donors (Lipinski definition) is 1. The minimum absolute atomic E-state index is 0.115. The molecule has 0 saturated carbocycles. The second-order valence-electron chi connectivity index (χ2n) is 4.46. The fourth-order valence-electron chi connectivity index (χ4n) is 2.13. The molecule has 1 N–H and O–H groups in total. The summed E-state index contributed by atoms with van der Waals surface area (Å²) in [5.41, 5.74) is 3.51. The van der Waals surface area contributed by atoms with E-state index in [1.54, 1.807) is 6.20 Å². The molecule has 20 heavy (non-hydrogen) atoms. The van der Waals surface area contributed by atoms with E-state index in [-0.39, 0.29) is 5.91 Å². The van der Waals surface area contributed by atoms with Gasteiger partial charge in [0.05, 0.1) is 11.9 Å². The standard InChI is InChI=1S/C15H12BrN3O/c1-10(20)18-13-7-12(11-5-3-2-4-6-11)9-19-14(16)8-17-15(13)19/h2-9H,1H3,(H,18,20). The highest BCUT2D eigenvalue weighted by Gasteiger charge is 2.10. The maximum Gasteiger partial charge on any atom is 0.221 e. The average molecular weight is 330 g/mol. The lowest BCUT2D eigenvalue weighted by molar-refractivity contribution is -0.114. The van der Waals surface area contributed by atoms with Gasteiger partial charge in [-0.2, -0.15) is 0 Å². The third-order valence-electron chi connectivity index (χ3n) is 2.98. The zero-order valence-electron chi connectivity index (χ0n) is 10.8. The summed E-state index contributed by atoms with van der Waals surface area (Å²) in [7, 11) is 0. The van der Waals surface area contributed by atoms with Crippen molar-refractivity contribution in [3.63, 3.8) is 0 Å². The third kappa shape index (κ3) is 2.32. The lowest BCUT2D eigenvalue weighted by Crippen LogP contribution is -2.07. The smallest absolute Gasteiger partial charge is 0.221 e. The van der Waals surface area contributed by atoms with Crippen LogP contribution in [0.5, 0.6) is 0 Å². The zero-order chi connectivity index (χ0) is 14.1. The Hall–Kier alpha value is -2.14. The van der Waals surface area contributed by atoms with E-state index >= 15 is 0 Å². The van der Waals surface area contributed by atoms with Gasteiger partial charge < -0.3 is 5.32 Å². The second kappa shape index (κ2) is 5.09. The van der Waals surface area contributed by atoms with Crippen LogP contribution in [0.25, 0.3) is 16.8 Å². The molecular formula is C15H12BrN3O. The van der Waals surface area contributed by atoms with Gasteiger partial charge in [-0.05, 0) is 27.6 Å². The summed E-state index contributed by atoms with van der Waals surface area (Å²) >= 11 is 3.46. The predicted octanol–water partition coefficient (Wildman–Crippen LogP) is 3.72. The molecule has 0 aliphatic rings. The molecule has 0 bridgehead atoms. The van der Waals surface area contributed by atoms with Crippen LogP contribution >= 0.6 is 15.9 Å². The van der Waals surface area contributed by atoms with E-state index in [1.807, 2.05) is 47.0 Å². The van der Waals surface area contributed by atoms with Crippen LogP contribution in [-0.2, 0) is 4.79 Å². The Kier molecular flexibility index (Phi) is 3.28. The normalized spacial score (nSPS) is 10.7. The van der Waals surface area contributed by atoms with E-state index in [9.17, 15) is 4.79 Å². The van der Waals surface area contributed by atoms with Gasteiger partial charge >= 0.3 is 0 Å². The molecule has 0 aliphatic carbocycles. The van der Waals surface area contributed by atoms with Crippen molar-refractivity contribution in [2.45, 2.75) is 6.92 Å². The zero-order valence-corrected chi connectivity index (χ0v) is 12.4. The molecule has 0 unspecified atom stereocenters. The average Bonchev–Trinajstić information content (AvgIpc) is 2.81. The number of fused-ring (bicyclic) bond motifs is 1. The van der Waals surface area contributed by atoms with Gasteiger partial charge in [-0.15, -0.1) is 0 Å². The molecule has 5 heteroatoms. The Balaban J connectivity index is 2.24. The Morgan fingerprint density at radius 1 is 1.25 bits per heavy atom. The van der Waals surface area contributed by atoms with E-state index in [4.69, 9.17) is 0 Å². The van der Waals surface area contributed by atoms with Gasteiger partial charge in [-0.25, -0.2) is 4.98 Å².